The van der Waals surface area contributed by atoms with Gasteiger partial charge in [0.05, 0.1) is 12.2 Å². The fourth-order valence-corrected chi connectivity index (χ4v) is 4.88. The molecule has 2 aromatic carbocycles. The number of hydrogen-bond acceptors (Lipinski definition) is 6. The summed E-state index contributed by atoms with van der Waals surface area (Å²) < 4.78 is 7.56. The van der Waals surface area contributed by atoms with Crippen LogP contribution in [0.4, 0.5) is 11.6 Å². The van der Waals surface area contributed by atoms with Gasteiger partial charge in [-0.15, -0.1) is 5.10 Å². The molecule has 1 unspecified atom stereocenters. The van der Waals surface area contributed by atoms with Crippen molar-refractivity contribution >= 4 is 29.3 Å². The van der Waals surface area contributed by atoms with E-state index < -0.39 is 6.04 Å². The fourth-order valence-electron chi connectivity index (χ4n) is 3.96. The highest BCUT2D eigenvalue weighted by molar-refractivity contribution is 7.99. The van der Waals surface area contributed by atoms with Gasteiger partial charge in [0.15, 0.2) is 0 Å². The number of fused-ring (bicyclic) bond motifs is 1. The molecular formula is C26H31N5O2S. The molecule has 178 valence electrons. The standard InChI is InChI=1S/C26H31N5O2S/c1-5-7-14-34-26-29-25-27-18(4)22(24(32)28-20-12-8-10-17(3)15-20)23(31(25)30-26)19-11-9-13-21(16-19)33-6-2/h8-13,15-16,23H,5-7,14H2,1-4H3,(H,28,32)(H,27,29,30). The van der Waals surface area contributed by atoms with Crippen molar-refractivity contribution in [2.24, 2.45) is 0 Å². The molecule has 0 radical (unpaired) electrons. The average Bonchev–Trinajstić information content (AvgIpc) is 3.21. The molecule has 4 rings (SSSR count). The first-order chi connectivity index (χ1) is 16.5. The second-order valence-corrected chi connectivity index (χ2v) is 9.32. The second-order valence-electron chi connectivity index (χ2n) is 8.26. The highest BCUT2D eigenvalue weighted by atomic mass is 32.2. The molecule has 2 heterocycles. The van der Waals surface area contributed by atoms with Gasteiger partial charge in [0.25, 0.3) is 5.91 Å². The van der Waals surface area contributed by atoms with Crippen molar-refractivity contribution in [1.82, 2.24) is 14.8 Å². The Morgan fingerprint density at radius 2 is 2.00 bits per heavy atom. The summed E-state index contributed by atoms with van der Waals surface area (Å²) in [5.74, 6) is 2.17. The lowest BCUT2D eigenvalue weighted by atomic mass is 9.94. The highest BCUT2D eigenvalue weighted by Gasteiger charge is 2.34. The number of thioether (sulfide) groups is 1. The minimum absolute atomic E-state index is 0.177. The highest BCUT2D eigenvalue weighted by Crippen LogP contribution is 2.37. The Morgan fingerprint density at radius 3 is 2.76 bits per heavy atom. The number of aryl methyl sites for hydroxylation is 1. The van der Waals surface area contributed by atoms with Gasteiger partial charge < -0.3 is 15.4 Å². The van der Waals surface area contributed by atoms with Crippen LogP contribution in [0.2, 0.25) is 0 Å². The number of aromatic nitrogens is 3. The van der Waals surface area contributed by atoms with Crippen LogP contribution in [-0.2, 0) is 4.79 Å². The van der Waals surface area contributed by atoms with Crippen LogP contribution in [0.3, 0.4) is 0 Å². The lowest BCUT2D eigenvalue weighted by Gasteiger charge is -2.29. The monoisotopic (exact) mass is 477 g/mol. The minimum Gasteiger partial charge on any atom is -0.494 e. The maximum absolute atomic E-state index is 13.6. The van der Waals surface area contributed by atoms with Gasteiger partial charge in [-0.05, 0) is 62.6 Å². The number of anilines is 2. The Hall–Kier alpha value is -3.26. The zero-order chi connectivity index (χ0) is 24.1. The van der Waals surface area contributed by atoms with E-state index in [0.29, 0.717) is 23.3 Å². The number of amides is 1. The maximum Gasteiger partial charge on any atom is 0.255 e. The SMILES string of the molecule is CCCCSc1nc2n(n1)C(c1cccc(OCC)c1)C(C(=O)Nc1cccc(C)c1)=C(C)N2. The molecule has 34 heavy (non-hydrogen) atoms. The van der Waals surface area contributed by atoms with E-state index >= 15 is 0 Å². The third-order valence-electron chi connectivity index (χ3n) is 5.57. The van der Waals surface area contributed by atoms with E-state index in [1.807, 2.05) is 74.0 Å². The summed E-state index contributed by atoms with van der Waals surface area (Å²) in [6.45, 7) is 8.60. The first-order valence-electron chi connectivity index (χ1n) is 11.7. The van der Waals surface area contributed by atoms with Crippen LogP contribution in [0.15, 0.2) is 65.0 Å². The molecule has 0 saturated heterocycles. The number of nitrogens with zero attached hydrogens (tertiary/aromatic N) is 3. The van der Waals surface area contributed by atoms with Crippen LogP contribution in [-0.4, -0.2) is 33.0 Å². The average molecular weight is 478 g/mol. The Bertz CT molecular complexity index is 1200. The van der Waals surface area contributed by atoms with E-state index in [0.717, 1.165) is 46.9 Å². The van der Waals surface area contributed by atoms with Crippen LogP contribution in [0, 0.1) is 6.92 Å². The Kier molecular flexibility index (Phi) is 7.57. The molecular weight excluding hydrogens is 446 g/mol. The molecule has 0 spiro atoms. The first-order valence-corrected chi connectivity index (χ1v) is 12.7. The predicted molar refractivity (Wildman–Crippen MR) is 138 cm³/mol. The molecule has 2 N–H and O–H groups in total. The molecule has 7 nitrogen and oxygen atoms in total. The Morgan fingerprint density at radius 1 is 1.18 bits per heavy atom. The van der Waals surface area contributed by atoms with Gasteiger partial charge in [-0.3, -0.25) is 4.79 Å². The largest absolute Gasteiger partial charge is 0.494 e. The summed E-state index contributed by atoms with van der Waals surface area (Å²) in [5, 5.41) is 11.9. The zero-order valence-corrected chi connectivity index (χ0v) is 20.9. The minimum atomic E-state index is -0.436. The molecule has 3 aromatic rings. The second kappa shape index (κ2) is 10.8. The van der Waals surface area contributed by atoms with Crippen molar-refractivity contribution in [3.05, 3.63) is 70.9 Å². The van der Waals surface area contributed by atoms with Crippen LogP contribution in [0.5, 0.6) is 5.75 Å². The summed E-state index contributed by atoms with van der Waals surface area (Å²) in [6, 6.07) is 15.2. The van der Waals surface area contributed by atoms with Crippen LogP contribution >= 0.6 is 11.8 Å². The Balaban J connectivity index is 1.74. The molecule has 0 fully saturated rings. The number of ether oxygens (including phenoxy) is 1. The fraction of sp³-hybridized carbons (Fsp3) is 0.346. The topological polar surface area (TPSA) is 81.1 Å². The summed E-state index contributed by atoms with van der Waals surface area (Å²) in [5.41, 5.74) is 4.10. The number of hydrogen-bond donors (Lipinski definition) is 2. The van der Waals surface area contributed by atoms with E-state index in [9.17, 15) is 4.79 Å². The number of allylic oxidation sites excluding steroid dienone is 1. The molecule has 0 bridgehead atoms. The van der Waals surface area contributed by atoms with Gasteiger partial charge in [-0.1, -0.05) is 49.4 Å². The van der Waals surface area contributed by atoms with Crippen molar-refractivity contribution < 1.29 is 9.53 Å². The van der Waals surface area contributed by atoms with E-state index in [1.165, 1.54) is 0 Å². The Labute approximate surface area is 205 Å². The number of unbranched alkanes of at least 4 members (excludes halogenated alkanes) is 1. The zero-order valence-electron chi connectivity index (χ0n) is 20.1. The third-order valence-corrected chi connectivity index (χ3v) is 6.49. The number of carbonyl (C=O) groups is 1. The molecule has 1 aliphatic rings. The van der Waals surface area contributed by atoms with Crippen molar-refractivity contribution in [2.45, 2.75) is 51.7 Å². The van der Waals surface area contributed by atoms with Gasteiger partial charge in [0, 0.05) is 17.1 Å². The quantitative estimate of drug-likeness (QED) is 0.299. The number of carbonyl (C=O) groups excluding carboxylic acids is 1. The summed E-state index contributed by atoms with van der Waals surface area (Å²) in [6.07, 6.45) is 2.22. The van der Waals surface area contributed by atoms with E-state index in [4.69, 9.17) is 14.8 Å². The van der Waals surface area contributed by atoms with Crippen LogP contribution < -0.4 is 15.4 Å². The molecule has 1 aliphatic heterocycles. The van der Waals surface area contributed by atoms with E-state index in [-0.39, 0.29) is 5.91 Å². The lowest BCUT2D eigenvalue weighted by molar-refractivity contribution is -0.113. The van der Waals surface area contributed by atoms with Crippen molar-refractivity contribution in [2.75, 3.05) is 23.0 Å². The third kappa shape index (κ3) is 5.28. The smallest absolute Gasteiger partial charge is 0.255 e. The molecule has 0 saturated carbocycles. The van der Waals surface area contributed by atoms with Crippen molar-refractivity contribution in [1.29, 1.82) is 0 Å². The van der Waals surface area contributed by atoms with E-state index in [2.05, 4.69) is 17.6 Å². The van der Waals surface area contributed by atoms with Crippen molar-refractivity contribution in [3.63, 3.8) is 0 Å². The lowest BCUT2D eigenvalue weighted by Crippen LogP contribution is -2.31. The summed E-state index contributed by atoms with van der Waals surface area (Å²) >= 11 is 1.64. The summed E-state index contributed by atoms with van der Waals surface area (Å²) in [4.78, 5) is 18.3. The molecule has 1 aromatic heterocycles. The molecule has 8 heteroatoms. The van der Waals surface area contributed by atoms with Gasteiger partial charge >= 0.3 is 0 Å². The number of benzene rings is 2. The van der Waals surface area contributed by atoms with Gasteiger partial charge in [0.2, 0.25) is 11.1 Å². The van der Waals surface area contributed by atoms with Crippen LogP contribution in [0.1, 0.15) is 50.8 Å². The van der Waals surface area contributed by atoms with Crippen molar-refractivity contribution in [3.8, 4) is 5.75 Å². The van der Waals surface area contributed by atoms with Gasteiger partial charge in [0.1, 0.15) is 11.8 Å². The number of rotatable bonds is 9. The van der Waals surface area contributed by atoms with Gasteiger partial charge in [-0.2, -0.15) is 4.98 Å². The van der Waals surface area contributed by atoms with Gasteiger partial charge in [-0.25, -0.2) is 4.68 Å². The van der Waals surface area contributed by atoms with Crippen LogP contribution in [0.25, 0.3) is 0 Å². The first kappa shape index (κ1) is 23.9. The predicted octanol–water partition coefficient (Wildman–Crippen LogP) is 5.81. The number of nitrogens with one attached hydrogen (secondary N) is 2. The molecule has 1 amide bonds. The normalized spacial score (nSPS) is 15.0. The maximum atomic E-state index is 13.6. The molecule has 0 aliphatic carbocycles. The van der Waals surface area contributed by atoms with E-state index in [1.54, 1.807) is 11.8 Å². The summed E-state index contributed by atoms with van der Waals surface area (Å²) in [7, 11) is 0. The molecule has 1 atom stereocenters.